The van der Waals surface area contributed by atoms with Crippen LogP contribution in [-0.2, 0) is 4.74 Å². The first kappa shape index (κ1) is 24.1. The Morgan fingerprint density at radius 3 is 2.68 bits per heavy atom. The molecule has 1 aliphatic rings. The Hall–Kier alpha value is -1.60. The summed E-state index contributed by atoms with van der Waals surface area (Å²) in [5.41, 5.74) is 0.560. The first-order valence-electron chi connectivity index (χ1n) is 9.77. The summed E-state index contributed by atoms with van der Waals surface area (Å²) >= 11 is 12.0. The van der Waals surface area contributed by atoms with E-state index in [1.165, 1.54) is 12.1 Å². The van der Waals surface area contributed by atoms with Crippen LogP contribution in [0.25, 0.3) is 10.8 Å². The average Bonchev–Trinajstić information content (AvgIpc) is 2.75. The van der Waals surface area contributed by atoms with Gasteiger partial charge in [0.05, 0.1) is 17.7 Å². The van der Waals surface area contributed by atoms with Crippen LogP contribution in [0.3, 0.4) is 0 Å². The second-order valence-corrected chi connectivity index (χ2v) is 8.20. The number of aliphatic hydroxyl groups excluding tert-OH is 1. The molecule has 0 bridgehead atoms. The molecule has 2 atom stereocenters. The Labute approximate surface area is 196 Å². The van der Waals surface area contributed by atoms with Crippen molar-refractivity contribution in [3.63, 3.8) is 0 Å². The number of ether oxygens (including phenoxy) is 2. The zero-order valence-corrected chi connectivity index (χ0v) is 19.0. The number of morpholine rings is 1. The zero-order valence-electron chi connectivity index (χ0n) is 16.6. The first-order valence-corrected chi connectivity index (χ1v) is 10.5. The molecule has 1 heterocycles. The first-order chi connectivity index (χ1) is 14.5. The molecule has 1 aliphatic heterocycles. The van der Waals surface area contributed by atoms with Crippen LogP contribution in [0.1, 0.15) is 11.7 Å². The summed E-state index contributed by atoms with van der Waals surface area (Å²) in [6.45, 7) is 2.21. The lowest BCUT2D eigenvalue weighted by atomic mass is 10.1. The van der Waals surface area contributed by atoms with Crippen LogP contribution in [-0.4, -0.2) is 49.0 Å². The van der Waals surface area contributed by atoms with Crippen LogP contribution in [0.4, 0.5) is 4.39 Å². The lowest BCUT2D eigenvalue weighted by molar-refractivity contribution is -0.0460. The van der Waals surface area contributed by atoms with Crippen molar-refractivity contribution in [3.05, 3.63) is 76.0 Å². The van der Waals surface area contributed by atoms with Crippen molar-refractivity contribution >= 4 is 46.4 Å². The van der Waals surface area contributed by atoms with E-state index >= 15 is 0 Å². The fraction of sp³-hybridized carbons (Fsp3) is 0.304. The van der Waals surface area contributed by atoms with Gasteiger partial charge in [-0.15, -0.1) is 12.4 Å². The second-order valence-electron chi connectivity index (χ2n) is 7.38. The molecule has 4 rings (SSSR count). The normalized spacial score (nSPS) is 17.9. The summed E-state index contributed by atoms with van der Waals surface area (Å²) < 4.78 is 25.4. The van der Waals surface area contributed by atoms with E-state index in [0.29, 0.717) is 36.8 Å². The highest BCUT2D eigenvalue weighted by atomic mass is 35.5. The summed E-state index contributed by atoms with van der Waals surface area (Å²) in [5, 5.41) is 13.0. The Morgan fingerprint density at radius 1 is 1.10 bits per heavy atom. The molecule has 0 amide bonds. The highest BCUT2D eigenvalue weighted by Gasteiger charge is 2.26. The fourth-order valence-electron chi connectivity index (χ4n) is 3.64. The van der Waals surface area contributed by atoms with Gasteiger partial charge in [-0.3, -0.25) is 4.90 Å². The van der Waals surface area contributed by atoms with Crippen LogP contribution < -0.4 is 4.74 Å². The maximum atomic E-state index is 13.9. The van der Waals surface area contributed by atoms with Crippen molar-refractivity contribution in [1.82, 2.24) is 4.90 Å². The number of hydrogen-bond donors (Lipinski definition) is 1. The Bertz CT molecular complexity index is 1040. The second kappa shape index (κ2) is 10.8. The monoisotopic (exact) mass is 485 g/mol. The van der Waals surface area contributed by atoms with Crippen molar-refractivity contribution in [2.45, 2.75) is 12.2 Å². The van der Waals surface area contributed by atoms with Crippen LogP contribution >= 0.6 is 35.6 Å². The van der Waals surface area contributed by atoms with E-state index in [-0.39, 0.29) is 30.1 Å². The third kappa shape index (κ3) is 6.01. The number of benzene rings is 3. The topological polar surface area (TPSA) is 41.9 Å². The van der Waals surface area contributed by atoms with E-state index in [0.717, 1.165) is 16.5 Å². The number of rotatable bonds is 6. The number of fused-ring (bicyclic) bond motifs is 1. The van der Waals surface area contributed by atoms with E-state index < -0.39 is 11.9 Å². The van der Waals surface area contributed by atoms with E-state index in [1.807, 2.05) is 42.5 Å². The maximum absolute atomic E-state index is 13.9. The van der Waals surface area contributed by atoms with Gasteiger partial charge in [0.1, 0.15) is 24.3 Å². The number of nitrogens with zero attached hydrogens (tertiary/aromatic N) is 1. The van der Waals surface area contributed by atoms with Crippen LogP contribution in [0, 0.1) is 5.82 Å². The summed E-state index contributed by atoms with van der Waals surface area (Å²) in [5.74, 6) is 0.191. The fourth-order valence-corrected chi connectivity index (χ4v) is 4.15. The minimum absolute atomic E-state index is 0. The number of β-amino-alcohol motifs (C(OH)–C–C–N with tert-alkyl or cyclic N) is 1. The molecule has 0 aromatic heterocycles. The van der Waals surface area contributed by atoms with Gasteiger partial charge in [0, 0.05) is 30.2 Å². The molecule has 1 saturated heterocycles. The SMILES string of the molecule is Cl.OC(COc1ccc2ccccc2c1)CN1CCOC(c2cc(F)c(Cl)cc2Cl)C1. The molecular formula is C23H23Cl3FNO3. The number of halogens is 4. The molecule has 2 unspecified atom stereocenters. The van der Waals surface area contributed by atoms with Gasteiger partial charge in [-0.05, 0) is 35.0 Å². The maximum Gasteiger partial charge on any atom is 0.142 e. The summed E-state index contributed by atoms with van der Waals surface area (Å²) in [6.07, 6.45) is -1.06. The molecule has 0 spiro atoms. The van der Waals surface area contributed by atoms with Gasteiger partial charge >= 0.3 is 0 Å². The molecule has 4 nitrogen and oxygen atoms in total. The highest BCUT2D eigenvalue weighted by molar-refractivity contribution is 6.35. The molecule has 0 aliphatic carbocycles. The molecule has 0 saturated carbocycles. The average molecular weight is 487 g/mol. The van der Waals surface area contributed by atoms with Crippen molar-refractivity contribution < 1.29 is 19.0 Å². The molecule has 0 radical (unpaired) electrons. The predicted octanol–water partition coefficient (Wildman–Crippen LogP) is 5.52. The highest BCUT2D eigenvalue weighted by Crippen LogP contribution is 2.32. The Balaban J connectivity index is 0.00000272. The van der Waals surface area contributed by atoms with E-state index in [2.05, 4.69) is 4.90 Å². The number of hydrogen-bond acceptors (Lipinski definition) is 4. The van der Waals surface area contributed by atoms with E-state index in [4.69, 9.17) is 32.7 Å². The van der Waals surface area contributed by atoms with Gasteiger partial charge < -0.3 is 14.6 Å². The molecule has 166 valence electrons. The lowest BCUT2D eigenvalue weighted by Gasteiger charge is -2.34. The van der Waals surface area contributed by atoms with Crippen LogP contribution in [0.15, 0.2) is 54.6 Å². The van der Waals surface area contributed by atoms with Gasteiger partial charge in [-0.2, -0.15) is 0 Å². The van der Waals surface area contributed by atoms with Gasteiger partial charge in [0.25, 0.3) is 0 Å². The van der Waals surface area contributed by atoms with Crippen molar-refractivity contribution in [3.8, 4) is 5.75 Å². The van der Waals surface area contributed by atoms with Gasteiger partial charge in [-0.25, -0.2) is 4.39 Å². The lowest BCUT2D eigenvalue weighted by Crippen LogP contribution is -2.43. The summed E-state index contributed by atoms with van der Waals surface area (Å²) in [7, 11) is 0. The predicted molar refractivity (Wildman–Crippen MR) is 124 cm³/mol. The van der Waals surface area contributed by atoms with Gasteiger partial charge in [-0.1, -0.05) is 53.5 Å². The molecule has 31 heavy (non-hydrogen) atoms. The minimum Gasteiger partial charge on any atom is -0.491 e. The standard InChI is InChI=1S/C23H22Cl2FNO3.ClH/c24-20-11-21(25)22(26)10-19(20)23-13-27(7-8-29-23)12-17(28)14-30-18-6-5-15-3-1-2-4-16(15)9-18;/h1-6,9-11,17,23,28H,7-8,12-14H2;1H. The zero-order chi connectivity index (χ0) is 21.1. The molecule has 3 aromatic carbocycles. The summed E-state index contributed by atoms with van der Waals surface area (Å²) in [4.78, 5) is 2.06. The molecule has 1 N–H and O–H groups in total. The Morgan fingerprint density at radius 2 is 1.87 bits per heavy atom. The third-order valence-electron chi connectivity index (χ3n) is 5.17. The van der Waals surface area contributed by atoms with Crippen molar-refractivity contribution in [2.24, 2.45) is 0 Å². The minimum atomic E-state index is -0.673. The van der Waals surface area contributed by atoms with Crippen molar-refractivity contribution in [1.29, 1.82) is 0 Å². The van der Waals surface area contributed by atoms with E-state index in [9.17, 15) is 9.50 Å². The van der Waals surface area contributed by atoms with Gasteiger partial charge in [0.2, 0.25) is 0 Å². The molecular weight excluding hydrogens is 464 g/mol. The van der Waals surface area contributed by atoms with Gasteiger partial charge in [0.15, 0.2) is 0 Å². The quantitative estimate of drug-likeness (QED) is 0.466. The van der Waals surface area contributed by atoms with Crippen molar-refractivity contribution in [2.75, 3.05) is 32.8 Å². The molecule has 8 heteroatoms. The van der Waals surface area contributed by atoms with Crippen LogP contribution in [0.2, 0.25) is 10.0 Å². The molecule has 1 fully saturated rings. The smallest absolute Gasteiger partial charge is 0.142 e. The Kier molecular flexibility index (Phi) is 8.39. The largest absolute Gasteiger partial charge is 0.491 e. The molecule has 3 aromatic rings. The summed E-state index contributed by atoms with van der Waals surface area (Å²) in [6, 6.07) is 16.6. The van der Waals surface area contributed by atoms with Crippen LogP contribution in [0.5, 0.6) is 5.75 Å². The third-order valence-corrected chi connectivity index (χ3v) is 5.79. The van der Waals surface area contributed by atoms with E-state index in [1.54, 1.807) is 0 Å². The number of aliphatic hydroxyl groups is 1.